The van der Waals surface area contributed by atoms with E-state index >= 15 is 0 Å². The van der Waals surface area contributed by atoms with Gasteiger partial charge < -0.3 is 4.84 Å². The molecule has 0 aliphatic rings. The van der Waals surface area contributed by atoms with E-state index in [1.54, 1.807) is 23.2 Å². The molecule has 0 N–H and O–H groups in total. The number of hydrogen-bond acceptors (Lipinski definition) is 1. The van der Waals surface area contributed by atoms with Gasteiger partial charge in [0, 0.05) is 21.2 Å². The Bertz CT molecular complexity index is 426. The van der Waals surface area contributed by atoms with E-state index in [1.165, 1.54) is 0 Å². The lowest BCUT2D eigenvalue weighted by Gasteiger charge is -2.06. The number of nitrogens with zero attached hydrogens (tertiary/aromatic N) is 1. The van der Waals surface area contributed by atoms with Crippen molar-refractivity contribution in [3.8, 4) is 5.75 Å². The Hall–Kier alpha value is -0.740. The van der Waals surface area contributed by atoms with Gasteiger partial charge in [0.05, 0.1) is 6.20 Å². The lowest BCUT2D eigenvalue weighted by molar-refractivity contribution is 0.217. The Kier molecular flexibility index (Phi) is 2.93. The lowest BCUT2D eigenvalue weighted by Crippen LogP contribution is -2.00. The van der Waals surface area contributed by atoms with E-state index in [9.17, 15) is 0 Å². The third kappa shape index (κ3) is 2.19. The van der Waals surface area contributed by atoms with Crippen LogP contribution in [0.1, 0.15) is 0 Å². The second-order valence-electron chi connectivity index (χ2n) is 2.64. The second kappa shape index (κ2) is 4.19. The number of hydrogen-bond donors (Lipinski definition) is 0. The normalized spacial score (nSPS) is 10.1. The minimum absolute atomic E-state index is 0.768. The summed E-state index contributed by atoms with van der Waals surface area (Å²) in [7, 11) is 0. The Balaban J connectivity index is 2.22. The molecule has 0 bridgehead atoms. The standard InChI is InChI=1S/C10H6Br2NO/c11-9-4-3-8(7-10(9)12)14-13-5-1-2-6-13/h1,3-7H. The monoisotopic (exact) mass is 314 g/mol. The summed E-state index contributed by atoms with van der Waals surface area (Å²) in [6, 6.07) is 10.4. The maximum Gasteiger partial charge on any atom is 0.157 e. The quantitative estimate of drug-likeness (QED) is 0.825. The zero-order valence-corrected chi connectivity index (χ0v) is 10.2. The molecule has 2 nitrogen and oxygen atoms in total. The molecule has 0 saturated heterocycles. The van der Waals surface area contributed by atoms with Crippen LogP contribution in [0.25, 0.3) is 0 Å². The van der Waals surface area contributed by atoms with Crippen molar-refractivity contribution in [2.75, 3.05) is 0 Å². The highest BCUT2D eigenvalue weighted by Crippen LogP contribution is 2.27. The van der Waals surface area contributed by atoms with E-state index in [-0.39, 0.29) is 0 Å². The van der Waals surface area contributed by atoms with E-state index in [0.29, 0.717) is 0 Å². The molecule has 1 aromatic heterocycles. The molecule has 0 amide bonds. The third-order valence-electron chi connectivity index (χ3n) is 1.62. The van der Waals surface area contributed by atoms with Crippen LogP contribution in [0.4, 0.5) is 0 Å². The summed E-state index contributed by atoms with van der Waals surface area (Å²) < 4.78 is 3.56. The molecule has 1 heterocycles. The summed E-state index contributed by atoms with van der Waals surface area (Å²) in [5.74, 6) is 0.768. The average molecular weight is 316 g/mol. The number of benzene rings is 1. The molecule has 2 aromatic rings. The van der Waals surface area contributed by atoms with Crippen molar-refractivity contribution >= 4 is 31.9 Å². The van der Waals surface area contributed by atoms with Crippen LogP contribution in [0.15, 0.2) is 45.6 Å². The maximum absolute atomic E-state index is 5.49. The summed E-state index contributed by atoms with van der Waals surface area (Å²) in [5.41, 5.74) is 0. The van der Waals surface area contributed by atoms with Crippen LogP contribution < -0.4 is 4.84 Å². The Morgan fingerprint density at radius 3 is 2.71 bits per heavy atom. The van der Waals surface area contributed by atoms with Crippen LogP contribution in [0.2, 0.25) is 0 Å². The largest absolute Gasteiger partial charge is 0.376 e. The molecule has 0 atom stereocenters. The molecule has 0 unspecified atom stereocenters. The molecular formula is C10H6Br2NO. The number of halogens is 2. The Morgan fingerprint density at radius 1 is 1.21 bits per heavy atom. The van der Waals surface area contributed by atoms with Gasteiger partial charge in [-0.25, -0.2) is 0 Å². The van der Waals surface area contributed by atoms with Gasteiger partial charge in [0.25, 0.3) is 0 Å². The van der Waals surface area contributed by atoms with Crippen molar-refractivity contribution in [2.45, 2.75) is 0 Å². The molecule has 0 aliphatic heterocycles. The summed E-state index contributed by atoms with van der Waals surface area (Å²) in [4.78, 5) is 5.49. The summed E-state index contributed by atoms with van der Waals surface area (Å²) in [6.45, 7) is 0. The molecule has 1 radical (unpaired) electrons. The molecule has 2 rings (SSSR count). The lowest BCUT2D eigenvalue weighted by atomic mass is 10.3. The SMILES string of the molecule is Brc1ccc(On2c[c]cc2)cc1Br. The van der Waals surface area contributed by atoms with Gasteiger partial charge in [-0.1, -0.05) is 0 Å². The molecular weight excluding hydrogens is 310 g/mol. The smallest absolute Gasteiger partial charge is 0.157 e. The Morgan fingerprint density at radius 2 is 2.07 bits per heavy atom. The van der Waals surface area contributed by atoms with Crippen LogP contribution in [0, 0.1) is 6.07 Å². The highest BCUT2D eigenvalue weighted by Gasteiger charge is 1.99. The van der Waals surface area contributed by atoms with E-state index in [4.69, 9.17) is 4.84 Å². The molecule has 0 aliphatic carbocycles. The summed E-state index contributed by atoms with van der Waals surface area (Å²) >= 11 is 6.80. The minimum Gasteiger partial charge on any atom is -0.376 e. The first-order valence-electron chi connectivity index (χ1n) is 3.93. The maximum atomic E-state index is 5.49. The van der Waals surface area contributed by atoms with Crippen LogP contribution in [-0.4, -0.2) is 4.73 Å². The zero-order valence-electron chi connectivity index (χ0n) is 7.08. The number of rotatable bonds is 2. The molecule has 71 valence electrons. The molecule has 0 saturated carbocycles. The van der Waals surface area contributed by atoms with Crippen LogP contribution in [-0.2, 0) is 0 Å². The summed E-state index contributed by atoms with van der Waals surface area (Å²) in [5, 5.41) is 0. The predicted molar refractivity (Wildman–Crippen MR) is 61.1 cm³/mol. The molecule has 14 heavy (non-hydrogen) atoms. The fraction of sp³-hybridized carbons (Fsp3) is 0. The van der Waals surface area contributed by atoms with Gasteiger partial charge in [-0.05, 0) is 56.1 Å². The molecule has 1 aromatic carbocycles. The van der Waals surface area contributed by atoms with Gasteiger partial charge in [0.15, 0.2) is 5.75 Å². The minimum atomic E-state index is 0.768. The van der Waals surface area contributed by atoms with Crippen molar-refractivity contribution in [1.82, 2.24) is 4.73 Å². The van der Waals surface area contributed by atoms with Crippen LogP contribution >= 0.6 is 31.9 Å². The summed E-state index contributed by atoms with van der Waals surface area (Å²) in [6.07, 6.45) is 3.51. The highest BCUT2D eigenvalue weighted by molar-refractivity contribution is 9.13. The number of aromatic nitrogens is 1. The van der Waals surface area contributed by atoms with Gasteiger partial charge in [-0.15, -0.1) is 0 Å². The fourth-order valence-electron chi connectivity index (χ4n) is 0.988. The zero-order chi connectivity index (χ0) is 9.97. The first-order chi connectivity index (χ1) is 6.75. The fourth-order valence-corrected chi connectivity index (χ4v) is 1.59. The second-order valence-corrected chi connectivity index (χ2v) is 4.35. The van der Waals surface area contributed by atoms with E-state index in [0.717, 1.165) is 14.7 Å². The van der Waals surface area contributed by atoms with Crippen LogP contribution in [0.5, 0.6) is 5.75 Å². The van der Waals surface area contributed by atoms with E-state index < -0.39 is 0 Å². The van der Waals surface area contributed by atoms with E-state index in [2.05, 4.69) is 37.9 Å². The van der Waals surface area contributed by atoms with Gasteiger partial charge in [-0.3, -0.25) is 0 Å². The first kappa shape index (κ1) is 9.80. The first-order valence-corrected chi connectivity index (χ1v) is 5.52. The van der Waals surface area contributed by atoms with Gasteiger partial charge in [0.2, 0.25) is 0 Å². The third-order valence-corrected chi connectivity index (χ3v) is 3.50. The molecule has 0 spiro atoms. The van der Waals surface area contributed by atoms with Gasteiger partial charge in [0.1, 0.15) is 0 Å². The van der Waals surface area contributed by atoms with Gasteiger partial charge >= 0.3 is 0 Å². The topological polar surface area (TPSA) is 14.2 Å². The van der Waals surface area contributed by atoms with Crippen molar-refractivity contribution in [3.05, 3.63) is 51.7 Å². The van der Waals surface area contributed by atoms with Gasteiger partial charge in [-0.2, -0.15) is 4.73 Å². The average Bonchev–Trinajstić information content (AvgIpc) is 2.64. The van der Waals surface area contributed by atoms with Crippen molar-refractivity contribution in [3.63, 3.8) is 0 Å². The highest BCUT2D eigenvalue weighted by atomic mass is 79.9. The van der Waals surface area contributed by atoms with Crippen molar-refractivity contribution in [1.29, 1.82) is 0 Å². The van der Waals surface area contributed by atoms with Crippen LogP contribution in [0.3, 0.4) is 0 Å². The molecule has 0 fully saturated rings. The molecule has 4 heteroatoms. The Labute approximate surface area is 98.7 Å². The predicted octanol–water partition coefficient (Wildman–Crippen LogP) is 3.66. The van der Waals surface area contributed by atoms with E-state index in [1.807, 2.05) is 18.2 Å². The van der Waals surface area contributed by atoms with Crippen molar-refractivity contribution < 1.29 is 4.84 Å². The van der Waals surface area contributed by atoms with Crippen molar-refractivity contribution in [2.24, 2.45) is 0 Å².